The molecule has 17 heavy (non-hydrogen) atoms. The maximum Gasteiger partial charge on any atom is 0.154 e. The summed E-state index contributed by atoms with van der Waals surface area (Å²) >= 11 is 5.91. The molecular weight excluding hydrogens is 234 g/mol. The molecule has 0 saturated carbocycles. The fourth-order valence-electron chi connectivity index (χ4n) is 1.85. The molecule has 0 aliphatic rings. The summed E-state index contributed by atoms with van der Waals surface area (Å²) in [4.78, 5) is 4.31. The molecule has 3 nitrogen and oxygen atoms in total. The van der Waals surface area contributed by atoms with E-state index in [4.69, 9.17) is 11.6 Å². The van der Waals surface area contributed by atoms with E-state index >= 15 is 0 Å². The van der Waals surface area contributed by atoms with Crippen LogP contribution in [-0.4, -0.2) is 14.6 Å². The van der Waals surface area contributed by atoms with E-state index in [1.807, 2.05) is 24.4 Å². The molecule has 0 atom stereocenters. The van der Waals surface area contributed by atoms with Crippen molar-refractivity contribution in [3.8, 4) is 11.3 Å². The third-order valence-electron chi connectivity index (χ3n) is 2.64. The van der Waals surface area contributed by atoms with Gasteiger partial charge in [0.15, 0.2) is 5.65 Å². The van der Waals surface area contributed by atoms with Crippen LogP contribution in [0.4, 0.5) is 0 Å². The Morgan fingerprint density at radius 3 is 2.88 bits per heavy atom. The molecule has 3 aromatic rings. The molecule has 0 N–H and O–H groups in total. The van der Waals surface area contributed by atoms with Crippen LogP contribution in [0.3, 0.4) is 0 Å². The number of aromatic nitrogens is 3. The van der Waals surface area contributed by atoms with E-state index in [0.29, 0.717) is 5.15 Å². The van der Waals surface area contributed by atoms with Gasteiger partial charge in [0.05, 0.1) is 11.9 Å². The van der Waals surface area contributed by atoms with Crippen LogP contribution in [0.15, 0.2) is 42.6 Å². The SMILES string of the molecule is Cc1cccc(-c2cnc3ccc(Cl)nn23)c1. The van der Waals surface area contributed by atoms with Gasteiger partial charge in [0.2, 0.25) is 0 Å². The van der Waals surface area contributed by atoms with Crippen molar-refractivity contribution in [2.24, 2.45) is 0 Å². The van der Waals surface area contributed by atoms with Crippen molar-refractivity contribution in [2.75, 3.05) is 0 Å². The van der Waals surface area contributed by atoms with Crippen LogP contribution in [0, 0.1) is 6.92 Å². The fraction of sp³-hybridized carbons (Fsp3) is 0.0769. The van der Waals surface area contributed by atoms with Crippen molar-refractivity contribution >= 4 is 17.2 Å². The zero-order valence-electron chi connectivity index (χ0n) is 9.26. The van der Waals surface area contributed by atoms with Crippen LogP contribution in [0.1, 0.15) is 5.56 Å². The lowest BCUT2D eigenvalue weighted by Crippen LogP contribution is -1.94. The summed E-state index contributed by atoms with van der Waals surface area (Å²) in [6.45, 7) is 2.06. The highest BCUT2D eigenvalue weighted by molar-refractivity contribution is 6.29. The number of aryl methyl sites for hydroxylation is 1. The van der Waals surface area contributed by atoms with Gasteiger partial charge in [-0.1, -0.05) is 35.4 Å². The second kappa shape index (κ2) is 3.86. The minimum atomic E-state index is 0.462. The number of rotatable bonds is 1. The Balaban J connectivity index is 2.27. The second-order valence-corrected chi connectivity index (χ2v) is 4.33. The van der Waals surface area contributed by atoms with E-state index in [1.54, 1.807) is 10.6 Å². The zero-order valence-corrected chi connectivity index (χ0v) is 10.0. The molecule has 0 unspecified atom stereocenters. The summed E-state index contributed by atoms with van der Waals surface area (Å²) in [5, 5.41) is 4.72. The van der Waals surface area contributed by atoms with Crippen molar-refractivity contribution in [1.29, 1.82) is 0 Å². The predicted octanol–water partition coefficient (Wildman–Crippen LogP) is 3.36. The Morgan fingerprint density at radius 2 is 2.06 bits per heavy atom. The highest BCUT2D eigenvalue weighted by Gasteiger charge is 2.07. The van der Waals surface area contributed by atoms with Crippen molar-refractivity contribution in [1.82, 2.24) is 14.6 Å². The molecule has 0 bridgehead atoms. The van der Waals surface area contributed by atoms with E-state index in [0.717, 1.165) is 16.9 Å². The molecule has 0 aliphatic heterocycles. The Bertz CT molecular complexity index is 688. The van der Waals surface area contributed by atoms with Gasteiger partial charge in [-0.2, -0.15) is 5.10 Å². The average Bonchev–Trinajstić information content (AvgIpc) is 2.71. The van der Waals surface area contributed by atoms with Gasteiger partial charge in [0.1, 0.15) is 5.15 Å². The predicted molar refractivity (Wildman–Crippen MR) is 68.2 cm³/mol. The lowest BCUT2D eigenvalue weighted by molar-refractivity contribution is 0.943. The number of benzene rings is 1. The Morgan fingerprint density at radius 1 is 1.18 bits per heavy atom. The summed E-state index contributed by atoms with van der Waals surface area (Å²) in [5.41, 5.74) is 4.05. The minimum Gasteiger partial charge on any atom is -0.235 e. The number of nitrogens with zero attached hydrogens (tertiary/aromatic N) is 3. The maximum absolute atomic E-state index is 5.91. The van der Waals surface area contributed by atoms with Crippen LogP contribution in [0.5, 0.6) is 0 Å². The summed E-state index contributed by atoms with van der Waals surface area (Å²) in [6.07, 6.45) is 1.81. The lowest BCUT2D eigenvalue weighted by Gasteiger charge is -2.02. The molecular formula is C13H10ClN3. The number of hydrogen-bond donors (Lipinski definition) is 0. The second-order valence-electron chi connectivity index (χ2n) is 3.94. The summed E-state index contributed by atoms with van der Waals surface area (Å²) in [7, 11) is 0. The third kappa shape index (κ3) is 1.78. The fourth-order valence-corrected chi connectivity index (χ4v) is 1.99. The van der Waals surface area contributed by atoms with E-state index in [2.05, 4.69) is 29.1 Å². The maximum atomic E-state index is 5.91. The topological polar surface area (TPSA) is 30.2 Å². The summed E-state index contributed by atoms with van der Waals surface area (Å²) < 4.78 is 1.76. The molecule has 4 heteroatoms. The van der Waals surface area contributed by atoms with Gasteiger partial charge in [-0.3, -0.25) is 0 Å². The number of halogens is 1. The Kier molecular flexibility index (Phi) is 2.34. The van der Waals surface area contributed by atoms with E-state index in [1.165, 1.54) is 5.56 Å². The largest absolute Gasteiger partial charge is 0.235 e. The van der Waals surface area contributed by atoms with Gasteiger partial charge in [0.25, 0.3) is 0 Å². The first-order valence-electron chi connectivity index (χ1n) is 5.31. The van der Waals surface area contributed by atoms with Crippen molar-refractivity contribution in [3.05, 3.63) is 53.3 Å². The van der Waals surface area contributed by atoms with E-state index < -0.39 is 0 Å². The molecule has 0 fully saturated rings. The van der Waals surface area contributed by atoms with Crippen LogP contribution in [-0.2, 0) is 0 Å². The molecule has 3 rings (SSSR count). The Labute approximate surface area is 104 Å². The highest BCUT2D eigenvalue weighted by Crippen LogP contribution is 2.21. The highest BCUT2D eigenvalue weighted by atomic mass is 35.5. The van der Waals surface area contributed by atoms with Gasteiger partial charge in [-0.25, -0.2) is 9.50 Å². The molecule has 0 amide bonds. The summed E-state index contributed by atoms with van der Waals surface area (Å²) in [6, 6.07) is 11.8. The first kappa shape index (κ1) is 10.3. The summed E-state index contributed by atoms with van der Waals surface area (Å²) in [5.74, 6) is 0. The molecule has 0 aliphatic carbocycles. The molecule has 1 aromatic carbocycles. The number of hydrogen-bond acceptors (Lipinski definition) is 2. The van der Waals surface area contributed by atoms with Gasteiger partial charge >= 0.3 is 0 Å². The van der Waals surface area contributed by atoms with Gasteiger partial charge < -0.3 is 0 Å². The van der Waals surface area contributed by atoms with Gasteiger partial charge in [-0.15, -0.1) is 0 Å². The molecule has 84 valence electrons. The third-order valence-corrected chi connectivity index (χ3v) is 2.85. The average molecular weight is 244 g/mol. The van der Waals surface area contributed by atoms with Crippen molar-refractivity contribution in [2.45, 2.75) is 6.92 Å². The Hall–Kier alpha value is -1.87. The molecule has 2 heterocycles. The standard InChI is InChI=1S/C13H10ClN3/c1-9-3-2-4-10(7-9)11-8-15-13-6-5-12(14)16-17(11)13/h2-8H,1H3. The minimum absolute atomic E-state index is 0.462. The van der Waals surface area contributed by atoms with Gasteiger partial charge in [0, 0.05) is 5.56 Å². The van der Waals surface area contributed by atoms with Crippen LogP contribution >= 0.6 is 11.6 Å². The number of imidazole rings is 1. The van der Waals surface area contributed by atoms with Crippen LogP contribution in [0.25, 0.3) is 16.9 Å². The molecule has 0 spiro atoms. The first-order chi connectivity index (χ1) is 8.24. The van der Waals surface area contributed by atoms with E-state index in [-0.39, 0.29) is 0 Å². The molecule has 2 aromatic heterocycles. The van der Waals surface area contributed by atoms with Crippen molar-refractivity contribution < 1.29 is 0 Å². The number of fused-ring (bicyclic) bond motifs is 1. The van der Waals surface area contributed by atoms with E-state index in [9.17, 15) is 0 Å². The zero-order chi connectivity index (χ0) is 11.8. The quantitative estimate of drug-likeness (QED) is 0.656. The monoisotopic (exact) mass is 243 g/mol. The molecule has 0 radical (unpaired) electrons. The smallest absolute Gasteiger partial charge is 0.154 e. The van der Waals surface area contributed by atoms with Crippen molar-refractivity contribution in [3.63, 3.8) is 0 Å². The first-order valence-corrected chi connectivity index (χ1v) is 5.69. The molecule has 0 saturated heterocycles. The van der Waals surface area contributed by atoms with Crippen LogP contribution in [0.2, 0.25) is 5.15 Å². The van der Waals surface area contributed by atoms with Gasteiger partial charge in [-0.05, 0) is 25.1 Å². The lowest BCUT2D eigenvalue weighted by atomic mass is 10.1. The van der Waals surface area contributed by atoms with Crippen LogP contribution < -0.4 is 0 Å². The normalized spacial score (nSPS) is 10.9.